The molecule has 0 aliphatic carbocycles. The molecule has 0 bridgehead atoms. The van der Waals surface area contributed by atoms with Gasteiger partial charge in [-0.05, 0) is 30.7 Å². The molecule has 3 N–H and O–H groups in total. The smallest absolute Gasteiger partial charge is 0.123 e. The Morgan fingerprint density at radius 3 is 2.52 bits per heavy atom. The first-order valence-electron chi connectivity index (χ1n) is 7.00. The molecule has 0 saturated carbocycles. The van der Waals surface area contributed by atoms with Crippen LogP contribution in [0.25, 0.3) is 0 Å². The third-order valence-corrected chi connectivity index (χ3v) is 4.05. The van der Waals surface area contributed by atoms with Gasteiger partial charge in [0.1, 0.15) is 5.75 Å². The minimum Gasteiger partial charge on any atom is -0.496 e. The number of ether oxygens (including phenoxy) is 1. The van der Waals surface area contributed by atoms with Crippen LogP contribution >= 0.6 is 15.9 Å². The number of nitrogens with two attached hydrogens (primary N) is 1. The Morgan fingerprint density at radius 2 is 1.90 bits per heavy atom. The predicted octanol–water partition coefficient (Wildman–Crippen LogP) is 3.81. The number of methoxy groups -OCH3 is 1. The Morgan fingerprint density at radius 1 is 1.19 bits per heavy atom. The summed E-state index contributed by atoms with van der Waals surface area (Å²) < 4.78 is 6.47. The lowest BCUT2D eigenvalue weighted by Crippen LogP contribution is -2.30. The molecule has 0 heterocycles. The van der Waals surface area contributed by atoms with E-state index >= 15 is 0 Å². The molecule has 0 aliphatic rings. The first-order valence-corrected chi connectivity index (χ1v) is 7.79. The first kappa shape index (κ1) is 16.0. The van der Waals surface area contributed by atoms with Crippen molar-refractivity contribution in [3.8, 4) is 5.75 Å². The second-order valence-electron chi connectivity index (χ2n) is 4.97. The summed E-state index contributed by atoms with van der Waals surface area (Å²) in [6, 6.07) is 16.6. The fourth-order valence-corrected chi connectivity index (χ4v) is 2.78. The molecule has 2 atom stereocenters. The van der Waals surface area contributed by atoms with Gasteiger partial charge in [0.15, 0.2) is 0 Å². The van der Waals surface area contributed by atoms with Crippen LogP contribution in [0.4, 0.5) is 0 Å². The van der Waals surface area contributed by atoms with Crippen molar-refractivity contribution in [2.45, 2.75) is 19.0 Å². The maximum Gasteiger partial charge on any atom is 0.123 e. The first-order chi connectivity index (χ1) is 10.2. The van der Waals surface area contributed by atoms with Crippen LogP contribution in [0.1, 0.15) is 30.1 Å². The molecule has 0 saturated heterocycles. The zero-order valence-corrected chi connectivity index (χ0v) is 13.9. The second-order valence-corrected chi connectivity index (χ2v) is 5.89. The van der Waals surface area contributed by atoms with Crippen molar-refractivity contribution in [1.29, 1.82) is 0 Å². The van der Waals surface area contributed by atoms with Gasteiger partial charge in [-0.15, -0.1) is 0 Å². The highest BCUT2D eigenvalue weighted by Gasteiger charge is 2.18. The maximum atomic E-state index is 5.97. The van der Waals surface area contributed by atoms with E-state index in [1.165, 1.54) is 5.56 Å². The number of hydrogen-bond acceptors (Lipinski definition) is 3. The van der Waals surface area contributed by atoms with Crippen LogP contribution in [0.15, 0.2) is 53.0 Å². The van der Waals surface area contributed by atoms with Crippen molar-refractivity contribution in [3.63, 3.8) is 0 Å². The standard InChI is InChI=1S/C17H21BrN2O/c1-12(13-6-4-3-5-7-13)20-16(11-19)15-10-14(18)8-9-17(15)21-2/h3-10,12,16,20H,11,19H2,1-2H3. The highest BCUT2D eigenvalue weighted by atomic mass is 79.9. The molecular weight excluding hydrogens is 328 g/mol. The van der Waals surface area contributed by atoms with Gasteiger partial charge in [0, 0.05) is 28.7 Å². The quantitative estimate of drug-likeness (QED) is 0.834. The minimum absolute atomic E-state index is 0.0349. The van der Waals surface area contributed by atoms with E-state index in [2.05, 4.69) is 46.4 Å². The number of nitrogens with one attached hydrogen (secondary N) is 1. The fraction of sp³-hybridized carbons (Fsp3) is 0.294. The van der Waals surface area contributed by atoms with Crippen LogP contribution in [0, 0.1) is 0 Å². The molecule has 0 aliphatic heterocycles. The van der Waals surface area contributed by atoms with Crippen molar-refractivity contribution in [3.05, 3.63) is 64.1 Å². The van der Waals surface area contributed by atoms with Gasteiger partial charge in [-0.1, -0.05) is 46.3 Å². The number of hydrogen-bond donors (Lipinski definition) is 2. The SMILES string of the molecule is COc1ccc(Br)cc1C(CN)NC(C)c1ccccc1. The second kappa shape index (κ2) is 7.59. The summed E-state index contributed by atoms with van der Waals surface area (Å²) in [5, 5.41) is 3.58. The molecule has 2 unspecified atom stereocenters. The van der Waals surface area contributed by atoms with Crippen molar-refractivity contribution >= 4 is 15.9 Å². The van der Waals surface area contributed by atoms with E-state index < -0.39 is 0 Å². The summed E-state index contributed by atoms with van der Waals surface area (Å²) in [6.45, 7) is 2.65. The number of benzene rings is 2. The molecule has 3 nitrogen and oxygen atoms in total. The lowest BCUT2D eigenvalue weighted by atomic mass is 10.0. The van der Waals surface area contributed by atoms with Gasteiger partial charge in [-0.2, -0.15) is 0 Å². The Balaban J connectivity index is 2.22. The van der Waals surface area contributed by atoms with Crippen molar-refractivity contribution in [2.24, 2.45) is 5.73 Å². The summed E-state index contributed by atoms with van der Waals surface area (Å²) in [7, 11) is 1.68. The third-order valence-electron chi connectivity index (χ3n) is 3.55. The molecule has 2 aromatic carbocycles. The zero-order valence-electron chi connectivity index (χ0n) is 12.3. The van der Waals surface area contributed by atoms with Gasteiger partial charge in [0.2, 0.25) is 0 Å². The Labute approximate surface area is 134 Å². The molecule has 21 heavy (non-hydrogen) atoms. The van der Waals surface area contributed by atoms with Gasteiger partial charge in [0.25, 0.3) is 0 Å². The molecule has 0 aromatic heterocycles. The molecule has 2 rings (SSSR count). The molecule has 112 valence electrons. The number of rotatable bonds is 6. The van der Waals surface area contributed by atoms with Gasteiger partial charge in [0.05, 0.1) is 7.11 Å². The van der Waals surface area contributed by atoms with Gasteiger partial charge in [-0.25, -0.2) is 0 Å². The lowest BCUT2D eigenvalue weighted by molar-refractivity contribution is 0.392. The van der Waals surface area contributed by atoms with Gasteiger partial charge >= 0.3 is 0 Å². The largest absolute Gasteiger partial charge is 0.496 e. The molecule has 0 amide bonds. The van der Waals surface area contributed by atoms with Crippen molar-refractivity contribution in [2.75, 3.05) is 13.7 Å². The molecule has 4 heteroatoms. The van der Waals surface area contributed by atoms with Crippen molar-refractivity contribution in [1.82, 2.24) is 5.32 Å². The van der Waals surface area contributed by atoms with E-state index in [9.17, 15) is 0 Å². The molecular formula is C17H21BrN2O. The van der Waals surface area contributed by atoms with E-state index in [4.69, 9.17) is 10.5 Å². The van der Waals surface area contributed by atoms with E-state index in [-0.39, 0.29) is 12.1 Å². The van der Waals surface area contributed by atoms with Crippen LogP contribution in [-0.2, 0) is 0 Å². The third kappa shape index (κ3) is 4.06. The lowest BCUT2D eigenvalue weighted by Gasteiger charge is -2.24. The summed E-state index contributed by atoms with van der Waals surface area (Å²) in [4.78, 5) is 0. The van der Waals surface area contributed by atoms with Crippen LogP contribution in [-0.4, -0.2) is 13.7 Å². The summed E-state index contributed by atoms with van der Waals surface area (Å²) in [6.07, 6.45) is 0. The number of halogens is 1. The topological polar surface area (TPSA) is 47.3 Å². The normalized spacial score (nSPS) is 13.7. The Kier molecular flexibility index (Phi) is 5.79. The Bertz CT molecular complexity index is 574. The summed E-state index contributed by atoms with van der Waals surface area (Å²) >= 11 is 3.51. The average Bonchev–Trinajstić information content (AvgIpc) is 2.53. The predicted molar refractivity (Wildman–Crippen MR) is 90.5 cm³/mol. The maximum absolute atomic E-state index is 5.97. The summed E-state index contributed by atoms with van der Waals surface area (Å²) in [5.74, 6) is 0.849. The highest BCUT2D eigenvalue weighted by molar-refractivity contribution is 9.10. The molecule has 0 spiro atoms. The molecule has 0 fully saturated rings. The van der Waals surface area contributed by atoms with Crippen LogP contribution in [0.3, 0.4) is 0 Å². The van der Waals surface area contributed by atoms with Crippen LogP contribution in [0.2, 0.25) is 0 Å². The van der Waals surface area contributed by atoms with Crippen LogP contribution in [0.5, 0.6) is 5.75 Å². The zero-order chi connectivity index (χ0) is 15.2. The van der Waals surface area contributed by atoms with E-state index in [0.29, 0.717) is 6.54 Å². The van der Waals surface area contributed by atoms with E-state index in [0.717, 1.165) is 15.8 Å². The summed E-state index contributed by atoms with van der Waals surface area (Å²) in [5.41, 5.74) is 8.28. The average molecular weight is 349 g/mol. The molecule has 2 aromatic rings. The monoisotopic (exact) mass is 348 g/mol. The minimum atomic E-state index is 0.0349. The van der Waals surface area contributed by atoms with E-state index in [1.54, 1.807) is 7.11 Å². The van der Waals surface area contributed by atoms with Gasteiger partial charge < -0.3 is 15.8 Å². The van der Waals surface area contributed by atoms with Gasteiger partial charge in [-0.3, -0.25) is 0 Å². The van der Waals surface area contributed by atoms with Crippen molar-refractivity contribution < 1.29 is 4.74 Å². The fourth-order valence-electron chi connectivity index (χ4n) is 2.40. The highest BCUT2D eigenvalue weighted by Crippen LogP contribution is 2.29. The molecule has 0 radical (unpaired) electrons. The Hall–Kier alpha value is -1.36. The van der Waals surface area contributed by atoms with Crippen LogP contribution < -0.4 is 15.8 Å². The van der Waals surface area contributed by atoms with E-state index in [1.807, 2.05) is 30.3 Å².